The molecule has 7 heteroatoms. The van der Waals surface area contributed by atoms with Gasteiger partial charge < -0.3 is 9.30 Å². The van der Waals surface area contributed by atoms with Crippen molar-refractivity contribution in [2.75, 3.05) is 32.8 Å². The highest BCUT2D eigenvalue weighted by Gasteiger charge is 2.26. The minimum absolute atomic E-state index is 0.0425. The summed E-state index contributed by atoms with van der Waals surface area (Å²) in [6, 6.07) is 17.0. The number of fused-ring (bicyclic) bond motifs is 1. The highest BCUT2D eigenvalue weighted by atomic mass is 32.2. The Kier molecular flexibility index (Phi) is 5.50. The maximum Gasteiger partial charge on any atom is 0.240 e. The smallest absolute Gasteiger partial charge is 0.240 e. The number of sulfonamides is 1. The maximum absolute atomic E-state index is 13.0. The predicted octanol–water partition coefficient (Wildman–Crippen LogP) is 2.53. The molecule has 1 unspecified atom stereocenters. The van der Waals surface area contributed by atoms with Crippen molar-refractivity contribution in [3.8, 4) is 0 Å². The van der Waals surface area contributed by atoms with Gasteiger partial charge in [-0.3, -0.25) is 4.90 Å². The highest BCUT2D eigenvalue weighted by molar-refractivity contribution is 7.89. The van der Waals surface area contributed by atoms with Crippen LogP contribution in [0.4, 0.5) is 0 Å². The zero-order valence-electron chi connectivity index (χ0n) is 15.9. The molecule has 2 heterocycles. The number of aromatic nitrogens is 1. The van der Waals surface area contributed by atoms with Gasteiger partial charge in [0.2, 0.25) is 10.0 Å². The molecule has 0 saturated carbocycles. The van der Waals surface area contributed by atoms with Gasteiger partial charge in [0.15, 0.2) is 0 Å². The summed E-state index contributed by atoms with van der Waals surface area (Å²) in [6.45, 7) is 3.21. The Bertz CT molecular complexity index is 1060. The van der Waals surface area contributed by atoms with Crippen LogP contribution in [-0.4, -0.2) is 50.7 Å². The fourth-order valence-electron chi connectivity index (χ4n) is 3.74. The van der Waals surface area contributed by atoms with E-state index in [0.717, 1.165) is 29.6 Å². The summed E-state index contributed by atoms with van der Waals surface area (Å²) in [5.74, 6) is 0. The van der Waals surface area contributed by atoms with Crippen LogP contribution in [0, 0.1) is 0 Å². The van der Waals surface area contributed by atoms with Gasteiger partial charge >= 0.3 is 0 Å². The van der Waals surface area contributed by atoms with Crippen molar-refractivity contribution in [2.24, 2.45) is 7.05 Å². The largest absolute Gasteiger partial charge is 0.379 e. The molecule has 2 aromatic carbocycles. The van der Waals surface area contributed by atoms with Crippen molar-refractivity contribution in [3.05, 3.63) is 66.5 Å². The Labute approximate surface area is 165 Å². The molecule has 0 aliphatic carbocycles. The third-order valence-electron chi connectivity index (χ3n) is 5.31. The fourth-order valence-corrected chi connectivity index (χ4v) is 4.81. The van der Waals surface area contributed by atoms with E-state index in [1.807, 2.05) is 60.3 Å². The van der Waals surface area contributed by atoms with Crippen molar-refractivity contribution >= 4 is 20.8 Å². The number of hydrogen-bond donors (Lipinski definition) is 1. The van der Waals surface area contributed by atoms with Crippen LogP contribution in [0.15, 0.2) is 65.7 Å². The summed E-state index contributed by atoms with van der Waals surface area (Å²) in [5.41, 5.74) is 1.09. The summed E-state index contributed by atoms with van der Waals surface area (Å²) in [6.07, 6.45) is 1.99. The molecule has 1 saturated heterocycles. The normalized spacial score (nSPS) is 17.0. The molecule has 1 aromatic heterocycles. The predicted molar refractivity (Wildman–Crippen MR) is 110 cm³/mol. The van der Waals surface area contributed by atoms with E-state index in [4.69, 9.17) is 4.74 Å². The molecule has 3 aromatic rings. The van der Waals surface area contributed by atoms with Crippen LogP contribution in [0.5, 0.6) is 0 Å². The van der Waals surface area contributed by atoms with Gasteiger partial charge in [0.25, 0.3) is 0 Å². The zero-order chi connectivity index (χ0) is 19.6. The lowest BCUT2D eigenvalue weighted by Gasteiger charge is -2.34. The number of ether oxygens (including phenoxy) is 1. The first kappa shape index (κ1) is 19.1. The summed E-state index contributed by atoms with van der Waals surface area (Å²) in [4.78, 5) is 2.57. The molecule has 1 N–H and O–H groups in total. The molecule has 1 aliphatic rings. The SMILES string of the molecule is Cn1cccc1C(CNS(=O)(=O)c1ccc2ccccc2c1)N1CCOCC1. The van der Waals surface area contributed by atoms with Gasteiger partial charge in [-0.2, -0.15) is 0 Å². The lowest BCUT2D eigenvalue weighted by Crippen LogP contribution is -2.44. The molecule has 6 nitrogen and oxygen atoms in total. The molecule has 1 atom stereocenters. The van der Waals surface area contributed by atoms with Crippen molar-refractivity contribution < 1.29 is 13.2 Å². The number of rotatable bonds is 6. The van der Waals surface area contributed by atoms with E-state index < -0.39 is 10.0 Å². The van der Waals surface area contributed by atoms with Crippen LogP contribution < -0.4 is 4.72 Å². The van der Waals surface area contributed by atoms with E-state index in [1.54, 1.807) is 12.1 Å². The molecular weight excluding hydrogens is 374 g/mol. The van der Waals surface area contributed by atoms with Crippen LogP contribution in [-0.2, 0) is 21.8 Å². The minimum Gasteiger partial charge on any atom is -0.379 e. The highest BCUT2D eigenvalue weighted by Crippen LogP contribution is 2.23. The van der Waals surface area contributed by atoms with Crippen LogP contribution in [0.25, 0.3) is 10.8 Å². The van der Waals surface area contributed by atoms with Gasteiger partial charge in [-0.1, -0.05) is 30.3 Å². The van der Waals surface area contributed by atoms with E-state index in [2.05, 4.69) is 9.62 Å². The van der Waals surface area contributed by atoms with Gasteiger partial charge in [-0.05, 0) is 35.0 Å². The molecular formula is C21H25N3O3S. The van der Waals surface area contributed by atoms with E-state index in [1.165, 1.54) is 0 Å². The van der Waals surface area contributed by atoms with Crippen LogP contribution >= 0.6 is 0 Å². The molecule has 0 bridgehead atoms. The van der Waals surface area contributed by atoms with E-state index in [-0.39, 0.29) is 6.04 Å². The Morgan fingerprint density at radius 1 is 1.04 bits per heavy atom. The third kappa shape index (κ3) is 3.98. The van der Waals surface area contributed by atoms with E-state index in [9.17, 15) is 8.42 Å². The van der Waals surface area contributed by atoms with E-state index >= 15 is 0 Å². The van der Waals surface area contributed by atoms with Crippen molar-refractivity contribution in [1.82, 2.24) is 14.2 Å². The summed E-state index contributed by atoms with van der Waals surface area (Å²) in [7, 11) is -1.62. The molecule has 0 spiro atoms. The fraction of sp³-hybridized carbons (Fsp3) is 0.333. The summed E-state index contributed by atoms with van der Waals surface area (Å²) >= 11 is 0. The number of aryl methyl sites for hydroxylation is 1. The van der Waals surface area contributed by atoms with Gasteiger partial charge in [-0.15, -0.1) is 0 Å². The second-order valence-electron chi connectivity index (χ2n) is 7.07. The number of benzene rings is 2. The van der Waals surface area contributed by atoms with E-state index in [0.29, 0.717) is 24.7 Å². The standard InChI is InChI=1S/C21H25N3O3S/c1-23-10-4-7-20(23)21(24-11-13-27-14-12-24)16-22-28(25,26)19-9-8-17-5-2-3-6-18(17)15-19/h2-10,15,21-22H,11-14,16H2,1H3. The van der Waals surface area contributed by atoms with Crippen molar-refractivity contribution in [2.45, 2.75) is 10.9 Å². The zero-order valence-corrected chi connectivity index (χ0v) is 16.7. The molecule has 148 valence electrons. The van der Waals surface area contributed by atoms with Gasteiger partial charge in [-0.25, -0.2) is 13.1 Å². The number of nitrogens with one attached hydrogen (secondary N) is 1. The second-order valence-corrected chi connectivity index (χ2v) is 8.84. The average Bonchev–Trinajstić information content (AvgIpc) is 3.14. The Morgan fingerprint density at radius 2 is 1.79 bits per heavy atom. The lowest BCUT2D eigenvalue weighted by atomic mass is 10.1. The quantitative estimate of drug-likeness (QED) is 0.692. The summed E-state index contributed by atoms with van der Waals surface area (Å²) in [5, 5.41) is 1.94. The van der Waals surface area contributed by atoms with Gasteiger partial charge in [0.05, 0.1) is 24.2 Å². The van der Waals surface area contributed by atoms with Crippen LogP contribution in [0.3, 0.4) is 0 Å². The van der Waals surface area contributed by atoms with Crippen molar-refractivity contribution in [3.63, 3.8) is 0 Å². The Balaban J connectivity index is 1.57. The van der Waals surface area contributed by atoms with Gasteiger partial charge in [0, 0.05) is 38.6 Å². The topological polar surface area (TPSA) is 63.6 Å². The average molecular weight is 400 g/mol. The third-order valence-corrected chi connectivity index (χ3v) is 6.73. The Hall–Kier alpha value is -2.19. The number of hydrogen-bond acceptors (Lipinski definition) is 4. The first-order valence-corrected chi connectivity index (χ1v) is 10.9. The number of morpholine rings is 1. The maximum atomic E-state index is 13.0. The second kappa shape index (κ2) is 8.05. The summed E-state index contributed by atoms with van der Waals surface area (Å²) < 4.78 is 36.3. The van der Waals surface area contributed by atoms with Crippen LogP contribution in [0.2, 0.25) is 0 Å². The lowest BCUT2D eigenvalue weighted by molar-refractivity contribution is 0.0158. The monoisotopic (exact) mass is 399 g/mol. The molecule has 28 heavy (non-hydrogen) atoms. The van der Waals surface area contributed by atoms with Crippen LogP contribution in [0.1, 0.15) is 11.7 Å². The van der Waals surface area contributed by atoms with Crippen molar-refractivity contribution in [1.29, 1.82) is 0 Å². The number of nitrogens with zero attached hydrogens (tertiary/aromatic N) is 2. The van der Waals surface area contributed by atoms with Gasteiger partial charge in [0.1, 0.15) is 0 Å². The molecule has 0 radical (unpaired) electrons. The minimum atomic E-state index is -3.61. The molecule has 1 fully saturated rings. The molecule has 4 rings (SSSR count). The Morgan fingerprint density at radius 3 is 2.50 bits per heavy atom. The first-order chi connectivity index (χ1) is 13.5. The first-order valence-electron chi connectivity index (χ1n) is 9.46. The molecule has 1 aliphatic heterocycles. The molecule has 0 amide bonds.